The lowest BCUT2D eigenvalue weighted by atomic mass is 10.3. The highest BCUT2D eigenvalue weighted by Crippen LogP contribution is 2.67. The van der Waals surface area contributed by atoms with Gasteiger partial charge in [-0.05, 0) is 0 Å². The zero-order valence-electron chi connectivity index (χ0n) is 7.12. The van der Waals surface area contributed by atoms with Gasteiger partial charge >= 0.3 is 0 Å². The molecule has 0 spiro atoms. The van der Waals surface area contributed by atoms with Gasteiger partial charge in [0.05, 0.1) is 0 Å². The number of thiocyanates is 1. The third-order valence-corrected chi connectivity index (χ3v) is 6.73. The van der Waals surface area contributed by atoms with Gasteiger partial charge in [-0.3, -0.25) is 4.57 Å². The molecule has 0 N–H and O–H groups in total. The summed E-state index contributed by atoms with van der Waals surface area (Å²) in [4.78, 5) is 0. The normalized spacial score (nSPS) is 17.0. The smallest absolute Gasteiger partial charge is 0.276 e. The predicted molar refractivity (Wildman–Crippen MR) is 47.6 cm³/mol. The predicted octanol–water partition coefficient (Wildman–Crippen LogP) is 2.84. The van der Waals surface area contributed by atoms with Crippen molar-refractivity contribution in [1.82, 2.24) is 0 Å². The van der Waals surface area contributed by atoms with Gasteiger partial charge in [0, 0.05) is 23.6 Å². The fourth-order valence-corrected chi connectivity index (χ4v) is 2.87. The Morgan fingerprint density at radius 3 is 2.09 bits per heavy atom. The van der Waals surface area contributed by atoms with Crippen LogP contribution < -0.4 is 0 Å². The van der Waals surface area contributed by atoms with Gasteiger partial charge in [0.1, 0.15) is 5.40 Å². The molecule has 0 aromatic carbocycles. The summed E-state index contributed by atoms with van der Waals surface area (Å²) < 4.78 is 16.6. The van der Waals surface area contributed by atoms with Crippen molar-refractivity contribution in [3.05, 3.63) is 0 Å². The van der Waals surface area contributed by atoms with Gasteiger partial charge in [-0.15, -0.1) is 0 Å². The quantitative estimate of drug-likeness (QED) is 0.499. The highest BCUT2D eigenvalue weighted by Gasteiger charge is 2.38. The van der Waals surface area contributed by atoms with E-state index in [-0.39, 0.29) is 0 Å². The summed E-state index contributed by atoms with van der Waals surface area (Å²) in [5.41, 5.74) is 0. The van der Waals surface area contributed by atoms with Crippen molar-refractivity contribution < 1.29 is 9.09 Å². The zero-order chi connectivity index (χ0) is 9.12. The van der Waals surface area contributed by atoms with E-state index in [0.29, 0.717) is 0 Å². The van der Waals surface area contributed by atoms with Crippen LogP contribution in [0.4, 0.5) is 0 Å². The Kier molecular flexibility index (Phi) is 3.63. The first-order valence-electron chi connectivity index (χ1n) is 3.11. The Balaban J connectivity index is 4.65. The second-order valence-electron chi connectivity index (χ2n) is 3.03. The number of hydrogen-bond acceptors (Lipinski definition) is 4. The molecule has 0 aliphatic heterocycles. The van der Waals surface area contributed by atoms with E-state index in [1.54, 1.807) is 26.2 Å². The van der Waals surface area contributed by atoms with Gasteiger partial charge < -0.3 is 4.52 Å². The second kappa shape index (κ2) is 3.62. The van der Waals surface area contributed by atoms with E-state index >= 15 is 0 Å². The highest BCUT2D eigenvalue weighted by atomic mass is 32.7. The minimum Gasteiger partial charge on any atom is -0.323 e. The third kappa shape index (κ3) is 2.52. The molecule has 1 atom stereocenters. The molecule has 64 valence electrons. The monoisotopic (exact) mass is 193 g/mol. The second-order valence-corrected chi connectivity index (χ2v) is 8.09. The Bertz CT molecular complexity index is 216. The largest absolute Gasteiger partial charge is 0.323 e. The molecule has 1 unspecified atom stereocenters. The average Bonchev–Trinajstić information content (AvgIpc) is 1.86. The highest BCUT2D eigenvalue weighted by molar-refractivity contribution is 8.59. The Hall–Kier alpha value is 0.0300. The number of hydrogen-bond donors (Lipinski definition) is 0. The van der Waals surface area contributed by atoms with Crippen LogP contribution in [-0.4, -0.2) is 12.3 Å². The molecule has 3 nitrogen and oxygen atoms in total. The molecule has 0 saturated heterocycles. The standard InChI is InChI=1S/C6H12NO2PS/c1-6(2,3)10(8,9-4)11-5-7/h1-4H3. The van der Waals surface area contributed by atoms with Gasteiger partial charge in [-0.1, -0.05) is 20.8 Å². The summed E-state index contributed by atoms with van der Waals surface area (Å²) >= 11 is 0.725. The average molecular weight is 193 g/mol. The van der Waals surface area contributed by atoms with Gasteiger partial charge in [0.25, 0.3) is 6.57 Å². The van der Waals surface area contributed by atoms with E-state index in [1.165, 1.54) is 7.11 Å². The van der Waals surface area contributed by atoms with Crippen LogP contribution in [0.5, 0.6) is 0 Å². The van der Waals surface area contributed by atoms with E-state index in [1.807, 2.05) is 0 Å². The Morgan fingerprint density at radius 2 is 2.00 bits per heavy atom. The minimum atomic E-state index is -2.83. The minimum absolute atomic E-state index is 0.470. The van der Waals surface area contributed by atoms with Crippen LogP contribution in [0, 0.1) is 10.7 Å². The van der Waals surface area contributed by atoms with Crippen LogP contribution in [0.25, 0.3) is 0 Å². The van der Waals surface area contributed by atoms with Crippen molar-refractivity contribution in [3.63, 3.8) is 0 Å². The van der Waals surface area contributed by atoms with Crippen molar-refractivity contribution >= 4 is 18.0 Å². The number of nitrogens with zero attached hydrogens (tertiary/aromatic N) is 1. The van der Waals surface area contributed by atoms with Gasteiger partial charge in [-0.2, -0.15) is 5.26 Å². The van der Waals surface area contributed by atoms with E-state index < -0.39 is 11.7 Å². The molecular weight excluding hydrogens is 181 g/mol. The molecule has 0 radical (unpaired) electrons. The summed E-state index contributed by atoms with van der Waals surface area (Å²) in [6.45, 7) is 2.55. The van der Waals surface area contributed by atoms with Gasteiger partial charge in [-0.25, -0.2) is 0 Å². The van der Waals surface area contributed by atoms with Gasteiger partial charge in [0.15, 0.2) is 0 Å². The molecule has 0 aliphatic rings. The van der Waals surface area contributed by atoms with E-state index in [0.717, 1.165) is 11.4 Å². The summed E-state index contributed by atoms with van der Waals surface area (Å²) in [5.74, 6) is 0. The molecule has 0 aliphatic carbocycles. The summed E-state index contributed by atoms with van der Waals surface area (Å²) in [7, 11) is 1.37. The summed E-state index contributed by atoms with van der Waals surface area (Å²) in [6.07, 6.45) is 0. The van der Waals surface area contributed by atoms with Crippen LogP contribution >= 0.6 is 18.0 Å². The topological polar surface area (TPSA) is 50.1 Å². The molecular formula is C6H12NO2PS. The molecule has 11 heavy (non-hydrogen) atoms. The SMILES string of the molecule is COP(=O)(SC#N)C(C)(C)C. The molecule has 0 saturated carbocycles. The van der Waals surface area contributed by atoms with E-state index in [9.17, 15) is 4.57 Å². The molecule has 0 rings (SSSR count). The van der Waals surface area contributed by atoms with Crippen LogP contribution in [-0.2, 0) is 9.09 Å². The maximum atomic E-state index is 11.7. The van der Waals surface area contributed by atoms with Crippen molar-refractivity contribution in [1.29, 1.82) is 5.26 Å². The zero-order valence-corrected chi connectivity index (χ0v) is 8.83. The van der Waals surface area contributed by atoms with Crippen molar-refractivity contribution in [2.24, 2.45) is 0 Å². The lowest BCUT2D eigenvalue weighted by molar-refractivity contribution is 0.388. The first kappa shape index (κ1) is 11.0. The molecule has 0 fully saturated rings. The number of nitriles is 1. The maximum absolute atomic E-state index is 11.7. The first-order chi connectivity index (χ1) is 4.87. The lowest BCUT2D eigenvalue weighted by Gasteiger charge is -2.25. The van der Waals surface area contributed by atoms with Crippen molar-refractivity contribution in [2.75, 3.05) is 7.11 Å². The fraction of sp³-hybridized carbons (Fsp3) is 0.833. The molecule has 0 heterocycles. The molecule has 0 amide bonds. The van der Waals surface area contributed by atoms with Crippen LogP contribution in [0.2, 0.25) is 0 Å². The molecule has 0 bridgehead atoms. The Labute approximate surface area is 71.3 Å². The van der Waals surface area contributed by atoms with Gasteiger partial charge in [0.2, 0.25) is 0 Å². The summed E-state index contributed by atoms with van der Waals surface area (Å²) in [5, 5.41) is 9.68. The third-order valence-electron chi connectivity index (χ3n) is 1.22. The summed E-state index contributed by atoms with van der Waals surface area (Å²) in [6, 6.07) is 0. The Morgan fingerprint density at radius 1 is 1.55 bits per heavy atom. The van der Waals surface area contributed by atoms with E-state index in [2.05, 4.69) is 0 Å². The first-order valence-corrected chi connectivity index (χ1v) is 6.15. The maximum Gasteiger partial charge on any atom is 0.276 e. The molecule has 0 aromatic rings. The lowest BCUT2D eigenvalue weighted by Crippen LogP contribution is -2.13. The fourth-order valence-electron chi connectivity index (χ4n) is 0.502. The molecule has 5 heteroatoms. The number of rotatable bonds is 2. The van der Waals surface area contributed by atoms with Crippen LogP contribution in [0.1, 0.15) is 20.8 Å². The van der Waals surface area contributed by atoms with Crippen LogP contribution in [0.3, 0.4) is 0 Å². The van der Waals surface area contributed by atoms with Crippen LogP contribution in [0.15, 0.2) is 0 Å². The van der Waals surface area contributed by atoms with Crippen molar-refractivity contribution in [2.45, 2.75) is 25.9 Å². The van der Waals surface area contributed by atoms with E-state index in [4.69, 9.17) is 9.79 Å². The molecule has 0 aromatic heterocycles. The van der Waals surface area contributed by atoms with Crippen molar-refractivity contribution in [3.8, 4) is 5.40 Å².